The van der Waals surface area contributed by atoms with Gasteiger partial charge in [-0.25, -0.2) is 15.0 Å². The van der Waals surface area contributed by atoms with Gasteiger partial charge in [0.25, 0.3) is 0 Å². The van der Waals surface area contributed by atoms with E-state index in [4.69, 9.17) is 5.73 Å². The number of pyridine rings is 1. The summed E-state index contributed by atoms with van der Waals surface area (Å²) >= 11 is 0. The van der Waals surface area contributed by atoms with Crippen LogP contribution < -0.4 is 16.0 Å². The molecule has 8 heteroatoms. The third-order valence-electron chi connectivity index (χ3n) is 5.46. The lowest BCUT2D eigenvalue weighted by atomic mass is 10.3. The molecule has 1 aliphatic carbocycles. The monoisotopic (exact) mass is 350 g/mol. The van der Waals surface area contributed by atoms with Crippen LogP contribution in [0.15, 0.2) is 30.9 Å². The third-order valence-corrected chi connectivity index (χ3v) is 5.46. The van der Waals surface area contributed by atoms with Gasteiger partial charge in [0, 0.05) is 37.4 Å². The minimum atomic E-state index is 0.342. The molecule has 3 atom stereocenters. The molecule has 2 aliphatic rings. The number of hydrogen-bond donors (Lipinski definition) is 2. The number of rotatable bonds is 4. The first-order chi connectivity index (χ1) is 12.6. The van der Waals surface area contributed by atoms with E-state index in [2.05, 4.69) is 48.6 Å². The van der Waals surface area contributed by atoms with Crippen LogP contribution in [0.2, 0.25) is 0 Å². The average Bonchev–Trinajstić information content (AvgIpc) is 3.03. The molecule has 1 saturated heterocycles. The number of hydrogen-bond acceptors (Lipinski definition) is 7. The Morgan fingerprint density at radius 3 is 2.73 bits per heavy atom. The lowest BCUT2D eigenvalue weighted by Crippen LogP contribution is -2.29. The second-order valence-electron chi connectivity index (χ2n) is 7.48. The molecule has 3 aromatic rings. The Labute approximate surface area is 151 Å². The first-order valence-corrected chi connectivity index (χ1v) is 9.03. The maximum Gasteiger partial charge on any atom is 0.227 e. The lowest BCUT2D eigenvalue weighted by Gasteiger charge is -2.19. The topological polar surface area (TPSA) is 97.8 Å². The maximum atomic E-state index is 6.02. The molecule has 8 nitrogen and oxygen atoms in total. The quantitative estimate of drug-likeness (QED) is 0.742. The standard InChI is InChI=1S/C18H22N8/c1-10(2)26-9-22-13-6-21-16(5-14(13)26)23-15-3-4-20-18(24-15)25-7-11-12(8-25)17(11)19/h3-6,9-12,17H,7-8,19H2,1-2H3,(H,20,21,23,24)/t11-,12+,17-. The number of anilines is 3. The number of nitrogens with one attached hydrogen (secondary N) is 1. The van der Waals surface area contributed by atoms with Crippen molar-refractivity contribution >= 4 is 28.6 Å². The molecule has 3 N–H and O–H groups in total. The van der Waals surface area contributed by atoms with Gasteiger partial charge in [0.15, 0.2) is 0 Å². The highest BCUT2D eigenvalue weighted by Gasteiger charge is 2.54. The second-order valence-corrected chi connectivity index (χ2v) is 7.48. The van der Waals surface area contributed by atoms with Crippen molar-refractivity contribution in [2.45, 2.75) is 25.9 Å². The van der Waals surface area contributed by atoms with Crippen LogP contribution >= 0.6 is 0 Å². The summed E-state index contributed by atoms with van der Waals surface area (Å²) in [4.78, 5) is 20.1. The number of imidazole rings is 1. The van der Waals surface area contributed by atoms with Crippen molar-refractivity contribution < 1.29 is 0 Å². The Morgan fingerprint density at radius 2 is 1.96 bits per heavy atom. The zero-order valence-electron chi connectivity index (χ0n) is 14.9. The predicted molar refractivity (Wildman–Crippen MR) is 100 cm³/mol. The Bertz CT molecular complexity index is 953. The smallest absolute Gasteiger partial charge is 0.227 e. The molecule has 4 heterocycles. The SMILES string of the molecule is CC(C)n1cnc2cnc(Nc3ccnc(N4C[C@@H]5[C@H](N)[C@@H]5C4)n3)cc21. The van der Waals surface area contributed by atoms with Crippen LogP contribution in [-0.4, -0.2) is 43.6 Å². The highest BCUT2D eigenvalue weighted by atomic mass is 15.3. The van der Waals surface area contributed by atoms with E-state index in [0.29, 0.717) is 23.9 Å². The number of fused-ring (bicyclic) bond motifs is 2. The van der Waals surface area contributed by atoms with Crippen molar-refractivity contribution in [3.05, 3.63) is 30.9 Å². The molecular weight excluding hydrogens is 328 g/mol. The van der Waals surface area contributed by atoms with Crippen LogP contribution in [0.4, 0.5) is 17.6 Å². The number of nitrogens with zero attached hydrogens (tertiary/aromatic N) is 6. The molecule has 1 saturated carbocycles. The lowest BCUT2D eigenvalue weighted by molar-refractivity contribution is 0.617. The van der Waals surface area contributed by atoms with Crippen molar-refractivity contribution in [2.75, 3.05) is 23.3 Å². The molecule has 3 aromatic heterocycles. The van der Waals surface area contributed by atoms with Gasteiger partial charge in [0.05, 0.1) is 18.0 Å². The highest BCUT2D eigenvalue weighted by molar-refractivity contribution is 5.78. The van der Waals surface area contributed by atoms with Crippen LogP contribution in [0.25, 0.3) is 11.0 Å². The van der Waals surface area contributed by atoms with E-state index in [-0.39, 0.29) is 0 Å². The summed E-state index contributed by atoms with van der Waals surface area (Å²) in [6, 6.07) is 4.58. The zero-order valence-corrected chi connectivity index (χ0v) is 14.9. The van der Waals surface area contributed by atoms with Gasteiger partial charge in [-0.3, -0.25) is 0 Å². The largest absolute Gasteiger partial charge is 0.340 e. The van der Waals surface area contributed by atoms with Crippen molar-refractivity contribution in [1.29, 1.82) is 0 Å². The Morgan fingerprint density at radius 1 is 1.15 bits per heavy atom. The van der Waals surface area contributed by atoms with E-state index in [1.807, 2.05) is 18.5 Å². The summed E-state index contributed by atoms with van der Waals surface area (Å²) in [5.41, 5.74) is 7.96. The Balaban J connectivity index is 1.38. The van der Waals surface area contributed by atoms with Crippen LogP contribution in [0.3, 0.4) is 0 Å². The first-order valence-electron chi connectivity index (χ1n) is 9.03. The van der Waals surface area contributed by atoms with E-state index >= 15 is 0 Å². The molecule has 0 bridgehead atoms. The summed E-state index contributed by atoms with van der Waals surface area (Å²) < 4.78 is 2.13. The van der Waals surface area contributed by atoms with Crippen LogP contribution in [0, 0.1) is 11.8 Å². The molecule has 0 radical (unpaired) electrons. The average molecular weight is 350 g/mol. The molecule has 0 spiro atoms. The normalized spacial score (nSPS) is 24.3. The van der Waals surface area contributed by atoms with Crippen molar-refractivity contribution in [3.63, 3.8) is 0 Å². The summed E-state index contributed by atoms with van der Waals surface area (Å²) in [7, 11) is 0. The van der Waals surface area contributed by atoms with Crippen molar-refractivity contribution in [1.82, 2.24) is 24.5 Å². The minimum absolute atomic E-state index is 0.342. The van der Waals surface area contributed by atoms with E-state index in [1.165, 1.54) is 0 Å². The summed E-state index contributed by atoms with van der Waals surface area (Å²) in [5.74, 6) is 3.45. The Kier molecular flexibility index (Phi) is 3.36. The Hall–Kier alpha value is -2.74. The fourth-order valence-electron chi connectivity index (χ4n) is 3.85. The molecule has 5 rings (SSSR count). The summed E-state index contributed by atoms with van der Waals surface area (Å²) in [5, 5.41) is 3.29. The molecule has 1 aliphatic heterocycles. The number of aromatic nitrogens is 5. The zero-order chi connectivity index (χ0) is 17.8. The van der Waals surface area contributed by atoms with Crippen molar-refractivity contribution in [2.24, 2.45) is 17.6 Å². The van der Waals surface area contributed by atoms with Gasteiger partial charge >= 0.3 is 0 Å². The molecule has 134 valence electrons. The maximum absolute atomic E-state index is 6.02. The minimum Gasteiger partial charge on any atom is -0.340 e. The molecule has 0 unspecified atom stereocenters. The fourth-order valence-corrected chi connectivity index (χ4v) is 3.85. The molecule has 2 fully saturated rings. The van der Waals surface area contributed by atoms with E-state index in [1.54, 1.807) is 12.4 Å². The van der Waals surface area contributed by atoms with Gasteiger partial charge in [-0.15, -0.1) is 0 Å². The van der Waals surface area contributed by atoms with E-state index in [0.717, 1.165) is 41.7 Å². The fraction of sp³-hybridized carbons (Fsp3) is 0.444. The van der Waals surface area contributed by atoms with Crippen LogP contribution in [-0.2, 0) is 0 Å². The number of piperidine rings is 1. The van der Waals surface area contributed by atoms with E-state index in [9.17, 15) is 0 Å². The van der Waals surface area contributed by atoms with Gasteiger partial charge in [0.2, 0.25) is 5.95 Å². The first kappa shape index (κ1) is 15.5. The van der Waals surface area contributed by atoms with Gasteiger partial charge in [-0.05, 0) is 31.7 Å². The summed E-state index contributed by atoms with van der Waals surface area (Å²) in [6.07, 6.45) is 5.42. The number of nitrogens with two attached hydrogens (primary N) is 1. The van der Waals surface area contributed by atoms with Gasteiger partial charge in [-0.1, -0.05) is 0 Å². The van der Waals surface area contributed by atoms with Crippen LogP contribution in [0.1, 0.15) is 19.9 Å². The third kappa shape index (κ3) is 2.48. The molecule has 0 amide bonds. The van der Waals surface area contributed by atoms with Crippen molar-refractivity contribution in [3.8, 4) is 0 Å². The highest BCUT2D eigenvalue weighted by Crippen LogP contribution is 2.44. The predicted octanol–water partition coefficient (Wildman–Crippen LogP) is 1.94. The van der Waals surface area contributed by atoms with Gasteiger partial charge in [0.1, 0.15) is 17.2 Å². The molecular formula is C18H22N8. The van der Waals surface area contributed by atoms with Gasteiger partial charge < -0.3 is 20.5 Å². The summed E-state index contributed by atoms with van der Waals surface area (Å²) in [6.45, 7) is 6.18. The van der Waals surface area contributed by atoms with E-state index < -0.39 is 0 Å². The van der Waals surface area contributed by atoms with Crippen LogP contribution in [0.5, 0.6) is 0 Å². The molecule has 0 aromatic carbocycles. The molecule has 26 heavy (non-hydrogen) atoms. The van der Waals surface area contributed by atoms with Gasteiger partial charge in [-0.2, -0.15) is 4.98 Å². The second kappa shape index (κ2) is 5.63.